The SMILES string of the molecule is NS(=O)(=O)c1ccc(N/C=C2\C(=O)Nc3ncccc32)cc1. The zero-order valence-corrected chi connectivity index (χ0v) is 12.1. The minimum atomic E-state index is -3.71. The second-order valence-electron chi connectivity index (χ2n) is 4.63. The number of carbonyl (C=O) groups excluding carboxylic acids is 1. The first-order chi connectivity index (χ1) is 10.4. The van der Waals surface area contributed by atoms with Gasteiger partial charge in [0.2, 0.25) is 10.0 Å². The van der Waals surface area contributed by atoms with Crippen LogP contribution in [0.5, 0.6) is 0 Å². The van der Waals surface area contributed by atoms with Gasteiger partial charge in [0.05, 0.1) is 10.5 Å². The van der Waals surface area contributed by atoms with E-state index in [1.165, 1.54) is 12.1 Å². The Kier molecular flexibility index (Phi) is 3.39. The summed E-state index contributed by atoms with van der Waals surface area (Å²) in [5.74, 6) is 0.271. The zero-order chi connectivity index (χ0) is 15.7. The molecular formula is C14H12N4O3S. The van der Waals surface area contributed by atoms with Crippen LogP contribution < -0.4 is 15.8 Å². The van der Waals surface area contributed by atoms with Crippen LogP contribution in [-0.2, 0) is 14.8 Å². The average molecular weight is 316 g/mol. The topological polar surface area (TPSA) is 114 Å². The van der Waals surface area contributed by atoms with E-state index in [0.717, 1.165) is 0 Å². The molecule has 3 rings (SSSR count). The molecule has 0 saturated heterocycles. The third kappa shape index (κ3) is 2.69. The Morgan fingerprint density at radius 2 is 1.91 bits per heavy atom. The lowest BCUT2D eigenvalue weighted by Gasteiger charge is -2.03. The molecule has 0 aliphatic carbocycles. The van der Waals surface area contributed by atoms with Crippen molar-refractivity contribution in [3.63, 3.8) is 0 Å². The van der Waals surface area contributed by atoms with E-state index in [-0.39, 0.29) is 10.8 Å². The number of hydrogen-bond acceptors (Lipinski definition) is 5. The normalized spacial score (nSPS) is 15.5. The van der Waals surface area contributed by atoms with Gasteiger partial charge < -0.3 is 10.6 Å². The smallest absolute Gasteiger partial charge is 0.259 e. The maximum Gasteiger partial charge on any atom is 0.259 e. The van der Waals surface area contributed by atoms with Gasteiger partial charge in [-0.2, -0.15) is 0 Å². The van der Waals surface area contributed by atoms with Crippen LogP contribution in [0.25, 0.3) is 5.57 Å². The minimum absolute atomic E-state index is 0.0267. The van der Waals surface area contributed by atoms with Crippen molar-refractivity contribution in [1.29, 1.82) is 0 Å². The molecular weight excluding hydrogens is 304 g/mol. The van der Waals surface area contributed by atoms with E-state index in [0.29, 0.717) is 22.6 Å². The van der Waals surface area contributed by atoms with Gasteiger partial charge in [-0.15, -0.1) is 0 Å². The van der Waals surface area contributed by atoms with E-state index < -0.39 is 10.0 Å². The highest BCUT2D eigenvalue weighted by atomic mass is 32.2. The van der Waals surface area contributed by atoms with Crippen molar-refractivity contribution in [3.8, 4) is 0 Å². The quantitative estimate of drug-likeness (QED) is 0.735. The Bertz CT molecular complexity index is 873. The molecule has 22 heavy (non-hydrogen) atoms. The first kappa shape index (κ1) is 14.2. The minimum Gasteiger partial charge on any atom is -0.361 e. The Morgan fingerprint density at radius 3 is 2.59 bits per heavy atom. The van der Waals surface area contributed by atoms with E-state index in [1.54, 1.807) is 36.7 Å². The van der Waals surface area contributed by atoms with Crippen LogP contribution in [0, 0.1) is 0 Å². The predicted molar refractivity (Wildman–Crippen MR) is 82.3 cm³/mol. The number of hydrogen-bond donors (Lipinski definition) is 3. The van der Waals surface area contributed by atoms with Gasteiger partial charge in [-0.25, -0.2) is 18.5 Å². The Morgan fingerprint density at radius 1 is 1.18 bits per heavy atom. The van der Waals surface area contributed by atoms with E-state index in [2.05, 4.69) is 15.6 Å². The molecule has 2 heterocycles. The molecule has 0 spiro atoms. The Hall–Kier alpha value is -2.71. The van der Waals surface area contributed by atoms with Crippen molar-refractivity contribution in [2.45, 2.75) is 4.90 Å². The molecule has 8 heteroatoms. The lowest BCUT2D eigenvalue weighted by atomic mass is 10.1. The van der Waals surface area contributed by atoms with E-state index in [9.17, 15) is 13.2 Å². The second-order valence-corrected chi connectivity index (χ2v) is 6.19. The summed E-state index contributed by atoms with van der Waals surface area (Å²) < 4.78 is 22.4. The molecule has 1 aliphatic heterocycles. The average Bonchev–Trinajstić information content (AvgIpc) is 2.80. The number of anilines is 2. The van der Waals surface area contributed by atoms with Gasteiger partial charge >= 0.3 is 0 Å². The number of primary sulfonamides is 1. The molecule has 0 saturated carbocycles. The third-order valence-electron chi connectivity index (χ3n) is 3.14. The lowest BCUT2D eigenvalue weighted by molar-refractivity contribution is -0.110. The fourth-order valence-electron chi connectivity index (χ4n) is 2.06. The number of nitrogens with one attached hydrogen (secondary N) is 2. The summed E-state index contributed by atoms with van der Waals surface area (Å²) in [5, 5.41) is 10.6. The summed E-state index contributed by atoms with van der Waals surface area (Å²) >= 11 is 0. The van der Waals surface area contributed by atoms with Gasteiger partial charge in [-0.3, -0.25) is 4.79 Å². The van der Waals surface area contributed by atoms with E-state index in [1.807, 2.05) is 0 Å². The maximum absolute atomic E-state index is 11.9. The molecule has 1 aromatic heterocycles. The van der Waals surface area contributed by atoms with Crippen molar-refractivity contribution in [2.75, 3.05) is 10.6 Å². The van der Waals surface area contributed by atoms with Gasteiger partial charge in [-0.05, 0) is 36.4 Å². The number of sulfonamides is 1. The number of amides is 1. The van der Waals surface area contributed by atoms with Crippen molar-refractivity contribution < 1.29 is 13.2 Å². The van der Waals surface area contributed by atoms with Gasteiger partial charge in [-0.1, -0.05) is 0 Å². The zero-order valence-electron chi connectivity index (χ0n) is 11.3. The number of carbonyl (C=O) groups is 1. The summed E-state index contributed by atoms with van der Waals surface area (Å²) in [5.41, 5.74) is 1.80. The van der Waals surface area contributed by atoms with Crippen molar-refractivity contribution in [2.24, 2.45) is 5.14 Å². The van der Waals surface area contributed by atoms with Crippen LogP contribution in [0.3, 0.4) is 0 Å². The summed E-state index contributed by atoms with van der Waals surface area (Å²) in [6, 6.07) is 9.44. The van der Waals surface area contributed by atoms with Crippen molar-refractivity contribution >= 4 is 33.0 Å². The summed E-state index contributed by atoms with van der Waals surface area (Å²) in [6.07, 6.45) is 3.15. The number of fused-ring (bicyclic) bond motifs is 1. The van der Waals surface area contributed by atoms with Crippen molar-refractivity contribution in [1.82, 2.24) is 4.98 Å². The number of benzene rings is 1. The number of pyridine rings is 1. The molecule has 0 atom stereocenters. The van der Waals surface area contributed by atoms with Gasteiger partial charge in [0.25, 0.3) is 5.91 Å². The molecule has 0 fully saturated rings. The largest absolute Gasteiger partial charge is 0.361 e. The predicted octanol–water partition coefficient (Wildman–Crippen LogP) is 1.13. The molecule has 0 unspecified atom stereocenters. The first-order valence-electron chi connectivity index (χ1n) is 6.31. The standard InChI is InChI=1S/C14H12N4O3S/c15-22(20,21)10-5-3-9(4-6-10)17-8-12-11-2-1-7-16-13(11)18-14(12)19/h1-8,17H,(H2,15,20,21)(H,16,18,19)/b12-8-. The van der Waals surface area contributed by atoms with Crippen LogP contribution >= 0.6 is 0 Å². The number of nitrogens with two attached hydrogens (primary N) is 1. The molecule has 0 radical (unpaired) electrons. The Labute approximate surface area is 126 Å². The van der Waals surface area contributed by atoms with Crippen LogP contribution in [0.15, 0.2) is 53.7 Å². The molecule has 112 valence electrons. The third-order valence-corrected chi connectivity index (χ3v) is 4.07. The van der Waals surface area contributed by atoms with Gasteiger partial charge in [0, 0.05) is 23.6 Å². The lowest BCUT2D eigenvalue weighted by Crippen LogP contribution is -2.11. The summed E-state index contributed by atoms with van der Waals surface area (Å²) in [4.78, 5) is 16.0. The summed E-state index contributed by atoms with van der Waals surface area (Å²) in [6.45, 7) is 0. The molecule has 2 aromatic rings. The number of nitrogens with zero attached hydrogens (tertiary/aromatic N) is 1. The van der Waals surface area contributed by atoms with Gasteiger partial charge in [0.15, 0.2) is 0 Å². The highest BCUT2D eigenvalue weighted by Crippen LogP contribution is 2.29. The van der Waals surface area contributed by atoms with Crippen LogP contribution in [0.2, 0.25) is 0 Å². The monoisotopic (exact) mass is 316 g/mol. The van der Waals surface area contributed by atoms with Crippen LogP contribution in [0.4, 0.5) is 11.5 Å². The highest BCUT2D eigenvalue weighted by Gasteiger charge is 2.24. The molecule has 1 amide bonds. The number of aromatic nitrogens is 1. The van der Waals surface area contributed by atoms with E-state index in [4.69, 9.17) is 5.14 Å². The molecule has 4 N–H and O–H groups in total. The van der Waals surface area contributed by atoms with Crippen LogP contribution in [0.1, 0.15) is 5.56 Å². The van der Waals surface area contributed by atoms with E-state index >= 15 is 0 Å². The van der Waals surface area contributed by atoms with Crippen molar-refractivity contribution in [3.05, 3.63) is 54.4 Å². The number of rotatable bonds is 3. The van der Waals surface area contributed by atoms with Crippen LogP contribution in [-0.4, -0.2) is 19.3 Å². The molecule has 1 aliphatic rings. The fourth-order valence-corrected chi connectivity index (χ4v) is 2.57. The molecule has 1 aromatic carbocycles. The second kappa shape index (κ2) is 5.24. The Balaban J connectivity index is 1.84. The fraction of sp³-hybridized carbons (Fsp3) is 0. The molecule has 7 nitrogen and oxygen atoms in total. The molecule has 0 bridgehead atoms. The van der Waals surface area contributed by atoms with Gasteiger partial charge in [0.1, 0.15) is 5.82 Å². The maximum atomic E-state index is 11.9. The summed E-state index contributed by atoms with van der Waals surface area (Å²) in [7, 11) is -3.71. The highest BCUT2D eigenvalue weighted by molar-refractivity contribution is 7.89. The first-order valence-corrected chi connectivity index (χ1v) is 7.86.